The molecule has 500 valence electrons. The highest BCUT2D eigenvalue weighted by atomic mass is 31.2. The molecule has 0 aromatic carbocycles. The first kappa shape index (κ1) is 83.2. The number of hydrogen-bond acceptors (Lipinski definition) is 14. The van der Waals surface area contributed by atoms with Crippen LogP contribution < -0.4 is 0 Å². The minimum Gasteiger partial charge on any atom is -0.463 e. The average Bonchev–Trinajstić information content (AvgIpc) is 3.69. The van der Waals surface area contributed by atoms with Crippen LogP contribution in [0, 0.1) is 0 Å². The van der Waals surface area contributed by atoms with Crippen molar-refractivity contribution in [1.29, 1.82) is 0 Å². The maximum atomic E-state index is 12.9. The van der Waals surface area contributed by atoms with Crippen molar-refractivity contribution in [2.45, 2.75) is 270 Å². The number of phosphoric ester groups is 2. The molecule has 0 bridgehead atoms. The van der Waals surface area contributed by atoms with Crippen LogP contribution in [0.5, 0.6) is 0 Å². The van der Waals surface area contributed by atoms with E-state index >= 15 is 0 Å². The normalized spacial score (nSPS) is 15.0. The standard InChI is InChI=1S/C69H118O16P2/c1-4-7-10-13-16-19-22-25-27-29-30-31-32-34-36-38-40-43-46-49-52-55-67(72)79-58-64(70)59-81-86(75,76)82-60-65(71)61-83-87(77,78)84-63-66(85-69(74)57-54-51-48-45-42-37-24-21-18-15-12-9-6-3)62-80-68(73)56-53-50-47-44-41-39-35-33-28-26-23-20-17-14-11-8-5-2/h8,11,16-17,19-21,24-28,30-31,34-36,39,64-66,70-71H,4-7,9-10,12-15,18,22-23,29,32-33,37-38,40-63H2,1-3H3,(H,75,76)(H,77,78)/b11-8-,19-16-,20-17-,24-21-,27-25-,28-26-,31-30-,36-34-,39-35-. The summed E-state index contributed by atoms with van der Waals surface area (Å²) in [5.74, 6) is -1.63. The number of ether oxygens (including phenoxy) is 3. The summed E-state index contributed by atoms with van der Waals surface area (Å²) < 4.78 is 60.8. The van der Waals surface area contributed by atoms with Crippen molar-refractivity contribution < 1.29 is 75.8 Å². The summed E-state index contributed by atoms with van der Waals surface area (Å²) >= 11 is 0. The molecule has 16 nitrogen and oxygen atoms in total. The zero-order valence-corrected chi connectivity index (χ0v) is 55.7. The predicted octanol–water partition coefficient (Wildman–Crippen LogP) is 18.1. The lowest BCUT2D eigenvalue weighted by atomic mass is 10.1. The first-order valence-corrected chi connectivity index (χ1v) is 36.2. The smallest absolute Gasteiger partial charge is 0.463 e. The Morgan fingerprint density at radius 2 is 0.609 bits per heavy atom. The van der Waals surface area contributed by atoms with E-state index in [0.717, 1.165) is 141 Å². The van der Waals surface area contributed by atoms with Gasteiger partial charge in [-0.05, 0) is 128 Å². The maximum Gasteiger partial charge on any atom is 0.472 e. The SMILES string of the molecule is CC/C=C\C/C=C\C/C=C\C/C=C\CCCCCCC(=O)OCC(COP(=O)(O)OCC(O)COP(=O)(O)OCC(O)COC(=O)CCCCCCC/C=C\C/C=C\C/C=C\C/C=C\CCCCC)OC(=O)CCCCCCC/C=C\CCCCCC. The molecule has 0 spiro atoms. The fourth-order valence-corrected chi connectivity index (χ4v) is 9.95. The fourth-order valence-electron chi connectivity index (χ4n) is 8.36. The van der Waals surface area contributed by atoms with Crippen molar-refractivity contribution in [1.82, 2.24) is 0 Å². The second-order valence-electron chi connectivity index (χ2n) is 21.9. The third kappa shape index (κ3) is 63.6. The molecule has 5 atom stereocenters. The molecule has 0 heterocycles. The van der Waals surface area contributed by atoms with E-state index in [1.807, 2.05) is 0 Å². The molecule has 0 aromatic rings. The Morgan fingerprint density at radius 3 is 1.00 bits per heavy atom. The van der Waals surface area contributed by atoms with Gasteiger partial charge in [0.15, 0.2) is 6.10 Å². The van der Waals surface area contributed by atoms with Gasteiger partial charge in [-0.1, -0.05) is 214 Å². The molecule has 0 saturated carbocycles. The van der Waals surface area contributed by atoms with Crippen molar-refractivity contribution >= 4 is 33.6 Å². The summed E-state index contributed by atoms with van der Waals surface area (Å²) in [7, 11) is -9.79. The highest BCUT2D eigenvalue weighted by Crippen LogP contribution is 2.45. The lowest BCUT2D eigenvalue weighted by molar-refractivity contribution is -0.161. The maximum absolute atomic E-state index is 12.9. The molecule has 5 unspecified atom stereocenters. The second kappa shape index (κ2) is 62.4. The quantitative estimate of drug-likeness (QED) is 0.0146. The minimum atomic E-state index is -4.93. The van der Waals surface area contributed by atoms with Gasteiger partial charge in [-0.15, -0.1) is 0 Å². The van der Waals surface area contributed by atoms with Crippen LogP contribution in [0.15, 0.2) is 109 Å². The van der Waals surface area contributed by atoms with Crippen LogP contribution in [-0.2, 0) is 55.8 Å². The lowest BCUT2D eigenvalue weighted by Crippen LogP contribution is -2.30. The summed E-state index contributed by atoms with van der Waals surface area (Å²) in [5.41, 5.74) is 0. The molecular formula is C69H118O16P2. The minimum absolute atomic E-state index is 0.0863. The van der Waals surface area contributed by atoms with Crippen LogP contribution >= 0.6 is 15.6 Å². The van der Waals surface area contributed by atoms with Gasteiger partial charge in [0, 0.05) is 19.3 Å². The first-order chi connectivity index (χ1) is 42.2. The Bertz CT molecular complexity index is 2030. The van der Waals surface area contributed by atoms with Crippen LogP contribution in [0.1, 0.15) is 252 Å². The first-order valence-electron chi connectivity index (χ1n) is 33.2. The number of aliphatic hydroxyl groups is 2. The molecule has 0 aliphatic rings. The number of esters is 3. The Hall–Kier alpha value is -3.79. The van der Waals surface area contributed by atoms with Gasteiger partial charge < -0.3 is 34.2 Å². The van der Waals surface area contributed by atoms with Gasteiger partial charge in [-0.3, -0.25) is 32.5 Å². The number of hydrogen-bond donors (Lipinski definition) is 4. The van der Waals surface area contributed by atoms with Gasteiger partial charge in [0.05, 0.1) is 26.4 Å². The monoisotopic (exact) mass is 1260 g/mol. The van der Waals surface area contributed by atoms with E-state index in [9.17, 15) is 43.5 Å². The van der Waals surface area contributed by atoms with E-state index in [4.69, 9.17) is 32.3 Å². The van der Waals surface area contributed by atoms with Crippen molar-refractivity contribution in [3.63, 3.8) is 0 Å². The number of aliphatic hydroxyl groups excluding tert-OH is 2. The number of carbonyl (C=O) groups excluding carboxylic acids is 3. The third-order valence-electron chi connectivity index (χ3n) is 13.5. The Labute approximate surface area is 526 Å². The molecule has 0 amide bonds. The molecule has 0 fully saturated rings. The summed E-state index contributed by atoms with van der Waals surface area (Å²) in [6, 6.07) is 0. The summed E-state index contributed by atoms with van der Waals surface area (Å²) in [5, 5.41) is 20.5. The van der Waals surface area contributed by atoms with Crippen LogP contribution in [-0.4, -0.2) is 95.9 Å². The van der Waals surface area contributed by atoms with E-state index in [2.05, 4.69) is 130 Å². The van der Waals surface area contributed by atoms with E-state index in [1.165, 1.54) is 51.4 Å². The molecule has 0 aliphatic heterocycles. The zero-order chi connectivity index (χ0) is 63.8. The Balaban J connectivity index is 4.67. The number of carbonyl (C=O) groups is 3. The van der Waals surface area contributed by atoms with Gasteiger partial charge in [0.1, 0.15) is 25.4 Å². The van der Waals surface area contributed by atoms with Crippen LogP contribution in [0.4, 0.5) is 0 Å². The molecule has 87 heavy (non-hydrogen) atoms. The number of unbranched alkanes of at least 4 members (excludes halogenated alkanes) is 21. The van der Waals surface area contributed by atoms with E-state index in [0.29, 0.717) is 19.3 Å². The van der Waals surface area contributed by atoms with Gasteiger partial charge in [-0.2, -0.15) is 0 Å². The highest BCUT2D eigenvalue weighted by Gasteiger charge is 2.29. The topological polar surface area (TPSA) is 231 Å². The fraction of sp³-hybridized carbons (Fsp3) is 0.696. The zero-order valence-electron chi connectivity index (χ0n) is 53.9. The van der Waals surface area contributed by atoms with E-state index < -0.39 is 91.5 Å². The van der Waals surface area contributed by atoms with Crippen molar-refractivity contribution in [3.8, 4) is 0 Å². The molecular weight excluding hydrogens is 1150 g/mol. The average molecular weight is 1270 g/mol. The van der Waals surface area contributed by atoms with Crippen molar-refractivity contribution in [2.75, 3.05) is 39.6 Å². The summed E-state index contributed by atoms with van der Waals surface area (Å²) in [4.78, 5) is 58.3. The Kier molecular flexibility index (Phi) is 59.7. The van der Waals surface area contributed by atoms with Gasteiger partial charge in [0.25, 0.3) is 0 Å². The Morgan fingerprint density at radius 1 is 0.333 bits per heavy atom. The highest BCUT2D eigenvalue weighted by molar-refractivity contribution is 7.47. The van der Waals surface area contributed by atoms with Crippen molar-refractivity contribution in [3.05, 3.63) is 109 Å². The molecule has 18 heteroatoms. The molecule has 0 rings (SSSR count). The van der Waals surface area contributed by atoms with E-state index in [1.54, 1.807) is 0 Å². The second-order valence-corrected chi connectivity index (χ2v) is 24.8. The number of phosphoric acid groups is 2. The summed E-state index contributed by atoms with van der Waals surface area (Å²) in [6.45, 7) is 2.43. The van der Waals surface area contributed by atoms with Gasteiger partial charge in [-0.25, -0.2) is 9.13 Å². The van der Waals surface area contributed by atoms with Crippen molar-refractivity contribution in [2.24, 2.45) is 0 Å². The third-order valence-corrected chi connectivity index (χ3v) is 15.4. The molecule has 0 aliphatic carbocycles. The molecule has 0 radical (unpaired) electrons. The van der Waals surface area contributed by atoms with Gasteiger partial charge in [0.2, 0.25) is 0 Å². The number of allylic oxidation sites excluding steroid dienone is 18. The summed E-state index contributed by atoms with van der Waals surface area (Å²) in [6.07, 6.45) is 68.6. The van der Waals surface area contributed by atoms with Crippen LogP contribution in [0.3, 0.4) is 0 Å². The lowest BCUT2D eigenvalue weighted by Gasteiger charge is -2.21. The van der Waals surface area contributed by atoms with Crippen LogP contribution in [0.2, 0.25) is 0 Å². The number of rotatable bonds is 62. The molecule has 4 N–H and O–H groups in total. The van der Waals surface area contributed by atoms with Crippen LogP contribution in [0.25, 0.3) is 0 Å². The van der Waals surface area contributed by atoms with E-state index in [-0.39, 0.29) is 19.3 Å². The predicted molar refractivity (Wildman–Crippen MR) is 353 cm³/mol. The largest absolute Gasteiger partial charge is 0.472 e. The molecule has 0 aromatic heterocycles. The molecule has 0 saturated heterocycles. The van der Waals surface area contributed by atoms with Gasteiger partial charge >= 0.3 is 33.6 Å².